The molecular formula is C27H23N5O3S. The first kappa shape index (κ1) is 24.5. The third kappa shape index (κ3) is 6.49. The first-order valence-corrected chi connectivity index (χ1v) is 12.0. The van der Waals surface area contributed by atoms with Crippen molar-refractivity contribution in [2.24, 2.45) is 5.10 Å². The van der Waals surface area contributed by atoms with Crippen LogP contribution in [0.25, 0.3) is 0 Å². The molecule has 0 unspecified atom stereocenters. The molecule has 0 atom stereocenters. The van der Waals surface area contributed by atoms with E-state index in [1.54, 1.807) is 48.0 Å². The number of thiazole rings is 1. The number of ketones is 1. The van der Waals surface area contributed by atoms with Gasteiger partial charge >= 0.3 is 0 Å². The van der Waals surface area contributed by atoms with E-state index >= 15 is 0 Å². The molecule has 0 aliphatic heterocycles. The summed E-state index contributed by atoms with van der Waals surface area (Å²) in [6, 6.07) is 23.4. The summed E-state index contributed by atoms with van der Waals surface area (Å²) < 4.78 is 0. The van der Waals surface area contributed by atoms with E-state index in [2.05, 4.69) is 26.1 Å². The van der Waals surface area contributed by atoms with Crippen molar-refractivity contribution in [3.05, 3.63) is 107 Å². The Morgan fingerprint density at radius 1 is 0.917 bits per heavy atom. The molecule has 4 aromatic rings. The number of aryl methyl sites for hydroxylation is 1. The molecule has 3 aromatic carbocycles. The Morgan fingerprint density at radius 2 is 1.64 bits per heavy atom. The number of carbonyl (C=O) groups is 3. The van der Waals surface area contributed by atoms with Crippen LogP contribution in [0.3, 0.4) is 0 Å². The van der Waals surface area contributed by atoms with Crippen LogP contribution in [0.4, 0.5) is 16.5 Å². The topological polar surface area (TPSA) is 113 Å². The van der Waals surface area contributed by atoms with Crippen LogP contribution < -0.4 is 16.1 Å². The Morgan fingerprint density at radius 3 is 2.36 bits per heavy atom. The van der Waals surface area contributed by atoms with Crippen LogP contribution in [0.1, 0.15) is 32.7 Å². The molecule has 0 radical (unpaired) electrons. The van der Waals surface area contributed by atoms with Crippen molar-refractivity contribution < 1.29 is 14.4 Å². The molecule has 36 heavy (non-hydrogen) atoms. The van der Waals surface area contributed by atoms with Gasteiger partial charge in [-0.2, -0.15) is 5.10 Å². The molecule has 0 fully saturated rings. The number of hydrogen-bond donors (Lipinski definition) is 3. The monoisotopic (exact) mass is 497 g/mol. The number of hydrogen-bond acceptors (Lipinski definition) is 7. The summed E-state index contributed by atoms with van der Waals surface area (Å²) in [5.41, 5.74) is 5.46. The van der Waals surface area contributed by atoms with Crippen molar-refractivity contribution in [1.82, 2.24) is 10.4 Å². The van der Waals surface area contributed by atoms with Crippen molar-refractivity contribution >= 4 is 51.2 Å². The van der Waals surface area contributed by atoms with Gasteiger partial charge in [0.25, 0.3) is 11.8 Å². The van der Waals surface area contributed by atoms with Gasteiger partial charge in [-0.3, -0.25) is 19.7 Å². The lowest BCUT2D eigenvalue weighted by atomic mass is 10.0. The van der Waals surface area contributed by atoms with Gasteiger partial charge in [-0.05, 0) is 31.2 Å². The van der Waals surface area contributed by atoms with E-state index in [0.29, 0.717) is 21.9 Å². The van der Waals surface area contributed by atoms with Gasteiger partial charge in [0.15, 0.2) is 10.9 Å². The number of aromatic nitrogens is 1. The molecule has 0 spiro atoms. The zero-order chi connectivity index (χ0) is 25.3. The van der Waals surface area contributed by atoms with Crippen molar-refractivity contribution in [3.63, 3.8) is 0 Å². The summed E-state index contributed by atoms with van der Waals surface area (Å²) in [5, 5.41) is 11.9. The van der Waals surface area contributed by atoms with Gasteiger partial charge in [0.05, 0.1) is 17.7 Å². The van der Waals surface area contributed by atoms with E-state index in [1.165, 1.54) is 11.3 Å². The highest BCUT2D eigenvalue weighted by molar-refractivity contribution is 7.13. The molecule has 1 aromatic heterocycles. The number of anilines is 3. The number of amides is 2. The maximum atomic E-state index is 13.0. The molecule has 1 heterocycles. The van der Waals surface area contributed by atoms with Crippen molar-refractivity contribution in [2.45, 2.75) is 13.3 Å². The molecule has 9 heteroatoms. The Labute approximate surface area is 212 Å². The van der Waals surface area contributed by atoms with Crippen molar-refractivity contribution in [2.75, 3.05) is 10.6 Å². The lowest BCUT2D eigenvalue weighted by Crippen LogP contribution is -2.29. The highest BCUT2D eigenvalue weighted by Gasteiger charge is 2.20. The molecule has 0 saturated carbocycles. The third-order valence-electron chi connectivity index (χ3n) is 5.13. The number of carbonyl (C=O) groups excluding carboxylic acids is 3. The minimum atomic E-state index is -0.624. The minimum Gasteiger partial charge on any atom is -0.355 e. The highest BCUT2D eigenvalue weighted by atomic mass is 32.1. The zero-order valence-electron chi connectivity index (χ0n) is 19.4. The lowest BCUT2D eigenvalue weighted by Gasteiger charge is -2.11. The maximum Gasteiger partial charge on any atom is 0.274 e. The molecule has 0 aliphatic carbocycles. The van der Waals surface area contributed by atoms with Gasteiger partial charge in [-0.1, -0.05) is 60.2 Å². The minimum absolute atomic E-state index is 0.141. The molecule has 4 rings (SSSR count). The van der Waals surface area contributed by atoms with E-state index in [-0.39, 0.29) is 17.9 Å². The normalized spacial score (nSPS) is 11.0. The lowest BCUT2D eigenvalue weighted by molar-refractivity contribution is -0.110. The highest BCUT2D eigenvalue weighted by Crippen LogP contribution is 2.20. The van der Waals surface area contributed by atoms with Crippen molar-refractivity contribution in [1.29, 1.82) is 0 Å². The van der Waals surface area contributed by atoms with Gasteiger partial charge in [-0.25, -0.2) is 10.4 Å². The molecule has 0 bridgehead atoms. The van der Waals surface area contributed by atoms with Crippen molar-refractivity contribution in [3.8, 4) is 0 Å². The zero-order valence-corrected chi connectivity index (χ0v) is 20.2. The molecule has 0 saturated heterocycles. The summed E-state index contributed by atoms with van der Waals surface area (Å²) in [6.45, 7) is 1.92. The van der Waals surface area contributed by atoms with Crippen LogP contribution in [-0.2, 0) is 4.79 Å². The fourth-order valence-corrected chi connectivity index (χ4v) is 3.79. The molecule has 0 aliphatic rings. The number of nitrogens with zero attached hydrogens (tertiary/aromatic N) is 2. The molecule has 2 amide bonds. The summed E-state index contributed by atoms with van der Waals surface area (Å²) in [4.78, 5) is 42.8. The first-order chi connectivity index (χ1) is 17.5. The van der Waals surface area contributed by atoms with Gasteiger partial charge in [-0.15, -0.1) is 11.3 Å². The molecule has 8 nitrogen and oxygen atoms in total. The Kier molecular flexibility index (Phi) is 7.94. The number of rotatable bonds is 9. The van der Waals surface area contributed by atoms with Crippen LogP contribution in [0.15, 0.2) is 95.5 Å². The average Bonchev–Trinajstić information content (AvgIpc) is 3.40. The van der Waals surface area contributed by atoms with Gasteiger partial charge in [0.2, 0.25) is 0 Å². The maximum absolute atomic E-state index is 13.0. The van der Waals surface area contributed by atoms with Crippen LogP contribution in [0, 0.1) is 6.92 Å². The molecule has 180 valence electrons. The number of para-hydroxylation sites is 2. The Balaban J connectivity index is 1.55. The predicted molar refractivity (Wildman–Crippen MR) is 142 cm³/mol. The summed E-state index contributed by atoms with van der Waals surface area (Å²) in [5.74, 6) is -1.46. The summed E-state index contributed by atoms with van der Waals surface area (Å²) >= 11 is 1.23. The van der Waals surface area contributed by atoms with E-state index < -0.39 is 11.8 Å². The smallest absolute Gasteiger partial charge is 0.274 e. The SMILES string of the molecule is Cc1ccc(C(=O)CC(=NNC(=O)c2ccccc2Nc2ccccc2)C(=O)Nc2nccs2)cc1. The summed E-state index contributed by atoms with van der Waals surface area (Å²) in [7, 11) is 0. The second-order valence-corrected chi connectivity index (χ2v) is 8.69. The fraction of sp³-hybridized carbons (Fsp3) is 0.0741. The quantitative estimate of drug-likeness (QED) is 0.167. The van der Waals surface area contributed by atoms with E-state index in [9.17, 15) is 14.4 Å². The molecular weight excluding hydrogens is 474 g/mol. The van der Waals surface area contributed by atoms with Gasteiger partial charge < -0.3 is 5.32 Å². The Hall–Kier alpha value is -4.63. The van der Waals surface area contributed by atoms with Crippen LogP contribution in [-0.4, -0.2) is 28.3 Å². The number of Topliss-reactive ketones (excluding diaryl/α,β-unsaturated/α-hetero) is 1. The second-order valence-electron chi connectivity index (χ2n) is 7.79. The van der Waals surface area contributed by atoms with Crippen LogP contribution >= 0.6 is 11.3 Å². The Bertz CT molecular complexity index is 1380. The average molecular weight is 498 g/mol. The van der Waals surface area contributed by atoms with Gasteiger partial charge in [0.1, 0.15) is 5.71 Å². The first-order valence-electron chi connectivity index (χ1n) is 11.1. The second kappa shape index (κ2) is 11.7. The largest absolute Gasteiger partial charge is 0.355 e. The van der Waals surface area contributed by atoms with E-state index in [0.717, 1.165) is 11.3 Å². The van der Waals surface area contributed by atoms with E-state index in [1.807, 2.05) is 49.4 Å². The number of benzene rings is 3. The summed E-state index contributed by atoms with van der Waals surface area (Å²) in [6.07, 6.45) is 1.25. The third-order valence-corrected chi connectivity index (χ3v) is 5.82. The predicted octanol–water partition coefficient (Wildman–Crippen LogP) is 5.19. The number of nitrogens with one attached hydrogen (secondary N) is 3. The van der Waals surface area contributed by atoms with E-state index in [4.69, 9.17) is 0 Å². The molecule has 3 N–H and O–H groups in total. The van der Waals surface area contributed by atoms with Crippen LogP contribution in [0.2, 0.25) is 0 Å². The van der Waals surface area contributed by atoms with Gasteiger partial charge in [0, 0.05) is 22.8 Å². The number of hydrazone groups is 1. The van der Waals surface area contributed by atoms with Crippen LogP contribution in [0.5, 0.6) is 0 Å². The fourth-order valence-electron chi connectivity index (χ4n) is 3.26. The standard InChI is InChI=1S/C27H23N5O3S/c1-18-11-13-19(14-12-18)24(33)17-23(26(35)30-27-28-15-16-36-27)31-32-25(34)21-9-5-6-10-22(21)29-20-7-3-2-4-8-20/h2-16,29H,17H2,1H3,(H,32,34)(H,28,30,35).